The van der Waals surface area contributed by atoms with Crippen LogP contribution in [0.15, 0.2) is 0 Å². The molecule has 1 aliphatic carbocycles. The lowest BCUT2D eigenvalue weighted by molar-refractivity contribution is 0.0519. The molecule has 1 heterocycles. The summed E-state index contributed by atoms with van der Waals surface area (Å²) in [5.41, 5.74) is 0. The smallest absolute Gasteiger partial charge is 0.0468 e. The molecule has 1 aliphatic heterocycles. The molecule has 1 nitrogen and oxygen atoms in total. The van der Waals surface area contributed by atoms with Crippen molar-refractivity contribution < 1.29 is 4.74 Å². The third-order valence-corrected chi connectivity index (χ3v) is 4.67. The van der Waals surface area contributed by atoms with Gasteiger partial charge in [0.1, 0.15) is 0 Å². The highest BCUT2D eigenvalue weighted by molar-refractivity contribution is 6.20. The molecule has 3 atom stereocenters. The van der Waals surface area contributed by atoms with Gasteiger partial charge in [-0.05, 0) is 56.3 Å². The highest BCUT2D eigenvalue weighted by Gasteiger charge is 2.29. The predicted molar refractivity (Wildman–Crippen MR) is 64.3 cm³/mol. The van der Waals surface area contributed by atoms with Gasteiger partial charge in [-0.3, -0.25) is 0 Å². The van der Waals surface area contributed by atoms with Gasteiger partial charge in [0.05, 0.1) is 0 Å². The maximum atomic E-state index is 6.27. The van der Waals surface area contributed by atoms with E-state index < -0.39 is 0 Å². The summed E-state index contributed by atoms with van der Waals surface area (Å²) in [5, 5.41) is 0.450. The van der Waals surface area contributed by atoms with Crippen molar-refractivity contribution in [3.63, 3.8) is 0 Å². The zero-order valence-electron chi connectivity index (χ0n) is 9.75. The van der Waals surface area contributed by atoms with Crippen molar-refractivity contribution in [3.05, 3.63) is 0 Å². The van der Waals surface area contributed by atoms with Crippen molar-refractivity contribution in [2.24, 2.45) is 17.8 Å². The molecule has 0 radical (unpaired) electrons. The van der Waals surface area contributed by atoms with Gasteiger partial charge in [0.15, 0.2) is 0 Å². The number of ether oxygens (including phenoxy) is 1. The Morgan fingerprint density at radius 2 is 1.87 bits per heavy atom. The van der Waals surface area contributed by atoms with Crippen molar-refractivity contribution in [2.45, 2.75) is 50.8 Å². The molecule has 2 rings (SSSR count). The minimum absolute atomic E-state index is 0.450. The lowest BCUT2D eigenvalue weighted by Gasteiger charge is -2.35. The molecular formula is C13H23ClO. The molecule has 2 aliphatic rings. The maximum absolute atomic E-state index is 6.27. The van der Waals surface area contributed by atoms with Gasteiger partial charge in [0.2, 0.25) is 0 Å². The fraction of sp³-hybridized carbons (Fsp3) is 1.00. The molecule has 0 aromatic heterocycles. The summed E-state index contributed by atoms with van der Waals surface area (Å²) in [7, 11) is 0. The Bertz CT molecular complexity index is 189. The van der Waals surface area contributed by atoms with Crippen molar-refractivity contribution in [1.29, 1.82) is 0 Å². The summed E-state index contributed by atoms with van der Waals surface area (Å²) in [5.74, 6) is 2.68. The summed E-state index contributed by atoms with van der Waals surface area (Å²) >= 11 is 6.27. The first-order valence-electron chi connectivity index (χ1n) is 6.47. The van der Waals surface area contributed by atoms with Gasteiger partial charge in [-0.1, -0.05) is 6.92 Å². The minimum Gasteiger partial charge on any atom is -0.381 e. The topological polar surface area (TPSA) is 9.23 Å². The van der Waals surface area contributed by atoms with E-state index in [1.807, 2.05) is 0 Å². The first-order valence-corrected chi connectivity index (χ1v) is 6.91. The van der Waals surface area contributed by atoms with E-state index in [0.717, 1.165) is 31.0 Å². The summed E-state index contributed by atoms with van der Waals surface area (Å²) in [4.78, 5) is 0. The van der Waals surface area contributed by atoms with Gasteiger partial charge in [0, 0.05) is 18.6 Å². The normalized spacial score (nSPS) is 39.2. The van der Waals surface area contributed by atoms with Gasteiger partial charge < -0.3 is 4.74 Å². The first kappa shape index (κ1) is 11.7. The highest BCUT2D eigenvalue weighted by Crippen LogP contribution is 2.38. The monoisotopic (exact) mass is 230 g/mol. The van der Waals surface area contributed by atoms with Crippen LogP contribution >= 0.6 is 11.6 Å². The number of halogens is 1. The molecule has 88 valence electrons. The molecule has 1 saturated carbocycles. The molecule has 1 saturated heterocycles. The Hall–Kier alpha value is 0.250. The quantitative estimate of drug-likeness (QED) is 0.655. The van der Waals surface area contributed by atoms with Crippen molar-refractivity contribution in [3.8, 4) is 0 Å². The maximum Gasteiger partial charge on any atom is 0.0468 e. The summed E-state index contributed by atoms with van der Waals surface area (Å²) in [6.45, 7) is 4.37. The van der Waals surface area contributed by atoms with Crippen LogP contribution in [-0.4, -0.2) is 18.6 Å². The third-order valence-electron chi connectivity index (χ3n) is 4.28. The van der Waals surface area contributed by atoms with Crippen LogP contribution in [0.2, 0.25) is 0 Å². The fourth-order valence-corrected chi connectivity index (χ4v) is 3.45. The summed E-state index contributed by atoms with van der Waals surface area (Å²) < 4.78 is 5.41. The second kappa shape index (κ2) is 5.54. The lowest BCUT2D eigenvalue weighted by atomic mass is 9.74. The summed E-state index contributed by atoms with van der Waals surface area (Å²) in [6.07, 6.45) is 7.76. The molecule has 2 heteroatoms. The van der Waals surface area contributed by atoms with Gasteiger partial charge in [-0.25, -0.2) is 0 Å². The van der Waals surface area contributed by atoms with E-state index in [4.69, 9.17) is 16.3 Å². The number of hydrogen-bond donors (Lipinski definition) is 0. The van der Waals surface area contributed by atoms with Crippen molar-refractivity contribution >= 4 is 11.6 Å². The van der Waals surface area contributed by atoms with Gasteiger partial charge in [0.25, 0.3) is 0 Å². The van der Waals surface area contributed by atoms with Crippen LogP contribution in [0.1, 0.15) is 45.4 Å². The number of alkyl halides is 1. The molecule has 0 aromatic rings. The van der Waals surface area contributed by atoms with E-state index >= 15 is 0 Å². The minimum atomic E-state index is 0.450. The zero-order valence-corrected chi connectivity index (χ0v) is 10.5. The average Bonchev–Trinajstić information content (AvgIpc) is 2.25. The molecule has 15 heavy (non-hydrogen) atoms. The number of rotatable bonds is 2. The van der Waals surface area contributed by atoms with Crippen LogP contribution in [0.25, 0.3) is 0 Å². The average molecular weight is 231 g/mol. The van der Waals surface area contributed by atoms with Gasteiger partial charge in [-0.15, -0.1) is 11.6 Å². The Labute approximate surface area is 98.5 Å². The molecule has 3 unspecified atom stereocenters. The molecule has 2 fully saturated rings. The van der Waals surface area contributed by atoms with E-state index in [2.05, 4.69) is 6.92 Å². The van der Waals surface area contributed by atoms with Crippen LogP contribution in [0, 0.1) is 17.8 Å². The van der Waals surface area contributed by atoms with E-state index in [-0.39, 0.29) is 0 Å². The largest absolute Gasteiger partial charge is 0.381 e. The van der Waals surface area contributed by atoms with Crippen LogP contribution < -0.4 is 0 Å². The van der Waals surface area contributed by atoms with Gasteiger partial charge in [-0.2, -0.15) is 0 Å². The Balaban J connectivity index is 1.80. The van der Waals surface area contributed by atoms with Crippen LogP contribution in [0.5, 0.6) is 0 Å². The predicted octanol–water partition coefficient (Wildman–Crippen LogP) is 3.85. The fourth-order valence-electron chi connectivity index (χ4n) is 3.10. The van der Waals surface area contributed by atoms with Crippen LogP contribution in [-0.2, 0) is 4.74 Å². The molecular weight excluding hydrogens is 208 g/mol. The Morgan fingerprint density at radius 1 is 1.13 bits per heavy atom. The summed E-state index contributed by atoms with van der Waals surface area (Å²) in [6, 6.07) is 0. The zero-order chi connectivity index (χ0) is 10.7. The second-order valence-corrected chi connectivity index (χ2v) is 6.06. The highest BCUT2D eigenvalue weighted by atomic mass is 35.5. The molecule has 0 amide bonds. The number of hydrogen-bond acceptors (Lipinski definition) is 1. The third kappa shape index (κ3) is 3.35. The van der Waals surface area contributed by atoms with Crippen LogP contribution in [0.3, 0.4) is 0 Å². The lowest BCUT2D eigenvalue weighted by Crippen LogP contribution is -2.27. The van der Waals surface area contributed by atoms with E-state index in [1.165, 1.54) is 38.5 Å². The molecule has 0 bridgehead atoms. The van der Waals surface area contributed by atoms with Gasteiger partial charge >= 0.3 is 0 Å². The van der Waals surface area contributed by atoms with E-state index in [1.54, 1.807) is 0 Å². The van der Waals surface area contributed by atoms with Crippen molar-refractivity contribution in [2.75, 3.05) is 13.2 Å². The molecule has 0 N–H and O–H groups in total. The van der Waals surface area contributed by atoms with E-state index in [9.17, 15) is 0 Å². The van der Waals surface area contributed by atoms with Crippen LogP contribution in [0.4, 0.5) is 0 Å². The van der Waals surface area contributed by atoms with Crippen molar-refractivity contribution in [1.82, 2.24) is 0 Å². The Kier molecular flexibility index (Phi) is 4.33. The standard InChI is InChI=1S/C13H23ClO/c1-10-2-3-13(14)9-12(10)8-11-4-6-15-7-5-11/h10-13H,2-9H2,1H3. The molecule has 0 spiro atoms. The molecule has 0 aromatic carbocycles. The van der Waals surface area contributed by atoms with E-state index in [0.29, 0.717) is 5.38 Å². The Morgan fingerprint density at radius 3 is 2.60 bits per heavy atom. The SMILES string of the molecule is CC1CCC(Cl)CC1CC1CCOCC1. The first-order chi connectivity index (χ1) is 7.25. The second-order valence-electron chi connectivity index (χ2n) is 5.44.